The van der Waals surface area contributed by atoms with E-state index >= 15 is 0 Å². The zero-order chi connectivity index (χ0) is 33.6. The van der Waals surface area contributed by atoms with Gasteiger partial charge in [0.25, 0.3) is 0 Å². The zero-order valence-corrected chi connectivity index (χ0v) is 29.1. The van der Waals surface area contributed by atoms with Crippen LogP contribution in [-0.2, 0) is 49.3 Å². The zero-order valence-electron chi connectivity index (χ0n) is 29.1. The summed E-state index contributed by atoms with van der Waals surface area (Å²) in [6, 6.07) is 25.3. The maximum absolute atomic E-state index is 12.5. The molecule has 2 heterocycles. The highest BCUT2D eigenvalue weighted by Crippen LogP contribution is 2.32. The topological polar surface area (TPSA) is 73.7 Å². The van der Waals surface area contributed by atoms with Crippen molar-refractivity contribution in [1.82, 2.24) is 14.5 Å². The van der Waals surface area contributed by atoms with Crippen LogP contribution in [0.2, 0.25) is 0 Å². The lowest BCUT2D eigenvalue weighted by Gasteiger charge is -2.32. The molecule has 7 nitrogen and oxygen atoms in total. The minimum atomic E-state index is -0.676. The van der Waals surface area contributed by atoms with E-state index in [1.807, 2.05) is 41.5 Å². The van der Waals surface area contributed by atoms with Crippen LogP contribution in [0.5, 0.6) is 0 Å². The van der Waals surface area contributed by atoms with Crippen LogP contribution in [0.25, 0.3) is 11.0 Å². The second-order valence-electron chi connectivity index (χ2n) is 13.8. The first-order valence-electron chi connectivity index (χ1n) is 17.2. The third-order valence-electron chi connectivity index (χ3n) is 9.90. The van der Waals surface area contributed by atoms with E-state index in [1.165, 1.54) is 22.5 Å². The molecule has 0 aliphatic carbocycles. The minimum absolute atomic E-state index is 0.185. The monoisotopic (exact) mass is 637 g/mol. The average Bonchev–Trinajstić information content (AvgIpc) is 3.45. The Morgan fingerprint density at radius 3 is 1.72 bits per heavy atom. The molecular formula is C40H51N3O4. The van der Waals surface area contributed by atoms with Crippen molar-refractivity contribution in [2.45, 2.75) is 90.5 Å². The number of hydrogen-bond acceptors (Lipinski definition) is 6. The predicted molar refractivity (Wildman–Crippen MR) is 188 cm³/mol. The first-order chi connectivity index (χ1) is 22.5. The molecule has 47 heavy (non-hydrogen) atoms. The Kier molecular flexibility index (Phi) is 10.9. The Hall–Kier alpha value is -3.97. The first-order valence-corrected chi connectivity index (χ1v) is 17.2. The lowest BCUT2D eigenvalue weighted by atomic mass is 9.84. The van der Waals surface area contributed by atoms with Crippen LogP contribution in [0.4, 0.5) is 0 Å². The van der Waals surface area contributed by atoms with Gasteiger partial charge in [0, 0.05) is 19.0 Å². The van der Waals surface area contributed by atoms with Gasteiger partial charge in [-0.2, -0.15) is 0 Å². The number of aromatic nitrogens is 2. The molecule has 1 aromatic heterocycles. The molecule has 0 unspecified atom stereocenters. The van der Waals surface area contributed by atoms with Crippen LogP contribution in [0.1, 0.15) is 88.4 Å². The second kappa shape index (κ2) is 14.8. The molecule has 7 heteroatoms. The number of fused-ring (bicyclic) bond motifs is 1. The molecule has 0 saturated carbocycles. The first kappa shape index (κ1) is 34.4. The maximum atomic E-state index is 12.5. The Bertz CT molecular complexity index is 1650. The van der Waals surface area contributed by atoms with Crippen molar-refractivity contribution < 1.29 is 19.1 Å². The van der Waals surface area contributed by atoms with E-state index in [4.69, 9.17) is 14.5 Å². The lowest BCUT2D eigenvalue weighted by Crippen LogP contribution is -2.35. The fraction of sp³-hybridized carbons (Fsp3) is 0.475. The largest absolute Gasteiger partial charge is 0.465 e. The fourth-order valence-corrected chi connectivity index (χ4v) is 6.62. The normalized spacial score (nSPS) is 14.8. The molecule has 0 N–H and O–H groups in total. The molecule has 0 amide bonds. The van der Waals surface area contributed by atoms with Gasteiger partial charge in [0.15, 0.2) is 0 Å². The van der Waals surface area contributed by atoms with Crippen molar-refractivity contribution in [3.05, 3.63) is 101 Å². The van der Waals surface area contributed by atoms with E-state index in [-0.39, 0.29) is 11.9 Å². The molecule has 0 atom stereocenters. The molecule has 1 fully saturated rings. The SMILES string of the molecule is CCOC(=O)C(C)(C)c1ccc(CCN2CCC(c3nc4ccccc4n3CCc3ccc(C(C)(C)C(=O)OCC)cc3)CC2)cc1. The highest BCUT2D eigenvalue weighted by Gasteiger charge is 2.32. The molecule has 250 valence electrons. The number of hydrogen-bond donors (Lipinski definition) is 0. The highest BCUT2D eigenvalue weighted by molar-refractivity contribution is 5.82. The van der Waals surface area contributed by atoms with Crippen LogP contribution >= 0.6 is 0 Å². The van der Waals surface area contributed by atoms with Crippen LogP contribution in [0.3, 0.4) is 0 Å². The van der Waals surface area contributed by atoms with Crippen LogP contribution < -0.4 is 0 Å². The van der Waals surface area contributed by atoms with E-state index in [0.717, 1.165) is 68.5 Å². The van der Waals surface area contributed by atoms with Crippen molar-refractivity contribution in [3.8, 4) is 0 Å². The molecular weight excluding hydrogens is 586 g/mol. The molecule has 1 aliphatic heterocycles. The summed E-state index contributed by atoms with van der Waals surface area (Å²) in [4.78, 5) is 32.6. The van der Waals surface area contributed by atoms with Gasteiger partial charge in [-0.25, -0.2) is 4.98 Å². The van der Waals surface area contributed by atoms with E-state index < -0.39 is 10.8 Å². The quantitative estimate of drug-likeness (QED) is 0.143. The summed E-state index contributed by atoms with van der Waals surface area (Å²) in [6.07, 6.45) is 4.06. The van der Waals surface area contributed by atoms with Crippen LogP contribution in [0, 0.1) is 0 Å². The molecule has 0 bridgehead atoms. The van der Waals surface area contributed by atoms with Crippen molar-refractivity contribution in [2.75, 3.05) is 32.8 Å². The molecule has 1 saturated heterocycles. The standard InChI is InChI=1S/C40H51N3O4/c1-7-46-37(44)39(3,4)32-17-13-29(14-18-32)21-25-42-26-23-31(24-27-42)36-41-34-11-9-10-12-35(34)43(36)28-22-30-15-19-33(20-16-30)40(5,6)38(45)47-8-2/h9-20,31H,7-8,21-28H2,1-6H3. The van der Waals surface area contributed by atoms with Gasteiger partial charge in [0.05, 0.1) is 35.1 Å². The predicted octanol–water partition coefficient (Wildman–Crippen LogP) is 7.38. The van der Waals surface area contributed by atoms with E-state index in [1.54, 1.807) is 0 Å². The fourth-order valence-electron chi connectivity index (χ4n) is 6.62. The Morgan fingerprint density at radius 2 is 1.21 bits per heavy atom. The number of imidazole rings is 1. The number of aryl methyl sites for hydroxylation is 2. The molecule has 5 rings (SSSR count). The van der Waals surface area contributed by atoms with Gasteiger partial charge in [0.2, 0.25) is 0 Å². The van der Waals surface area contributed by atoms with Gasteiger partial charge in [0.1, 0.15) is 5.82 Å². The Balaban J connectivity index is 1.19. The van der Waals surface area contributed by atoms with Crippen molar-refractivity contribution in [3.63, 3.8) is 0 Å². The smallest absolute Gasteiger partial charge is 0.315 e. The summed E-state index contributed by atoms with van der Waals surface area (Å²) in [6.45, 7) is 16.1. The van der Waals surface area contributed by atoms with E-state index in [0.29, 0.717) is 19.1 Å². The van der Waals surface area contributed by atoms with Gasteiger partial charge in [-0.3, -0.25) is 9.59 Å². The number of rotatable bonds is 13. The number of carbonyl (C=O) groups is 2. The van der Waals surface area contributed by atoms with Gasteiger partial charge in [-0.05, 0) is 115 Å². The van der Waals surface area contributed by atoms with Crippen LogP contribution in [-0.4, -0.2) is 59.2 Å². The molecule has 1 aliphatic rings. The minimum Gasteiger partial charge on any atom is -0.465 e. The number of esters is 2. The number of ether oxygens (including phenoxy) is 2. The number of piperidine rings is 1. The number of para-hydroxylation sites is 2. The summed E-state index contributed by atoms with van der Waals surface area (Å²) in [5.41, 5.74) is 5.41. The van der Waals surface area contributed by atoms with Crippen molar-refractivity contribution in [2.24, 2.45) is 0 Å². The van der Waals surface area contributed by atoms with Gasteiger partial charge in [-0.1, -0.05) is 60.7 Å². The summed E-state index contributed by atoms with van der Waals surface area (Å²) in [5, 5.41) is 0. The summed E-state index contributed by atoms with van der Waals surface area (Å²) >= 11 is 0. The van der Waals surface area contributed by atoms with Gasteiger partial charge in [-0.15, -0.1) is 0 Å². The molecule has 0 spiro atoms. The van der Waals surface area contributed by atoms with Crippen molar-refractivity contribution in [1.29, 1.82) is 0 Å². The maximum Gasteiger partial charge on any atom is 0.315 e. The number of benzene rings is 3. The number of carbonyl (C=O) groups excluding carboxylic acids is 2. The summed E-state index contributed by atoms with van der Waals surface area (Å²) in [7, 11) is 0. The highest BCUT2D eigenvalue weighted by atomic mass is 16.5. The summed E-state index contributed by atoms with van der Waals surface area (Å²) in [5.74, 6) is 1.25. The average molecular weight is 638 g/mol. The molecule has 4 aromatic rings. The van der Waals surface area contributed by atoms with E-state index in [2.05, 4.69) is 82.3 Å². The Labute approximate surface area is 280 Å². The number of nitrogens with zero attached hydrogens (tertiary/aromatic N) is 3. The van der Waals surface area contributed by atoms with Gasteiger partial charge < -0.3 is 18.9 Å². The van der Waals surface area contributed by atoms with E-state index in [9.17, 15) is 9.59 Å². The molecule has 3 aromatic carbocycles. The van der Waals surface area contributed by atoms with Gasteiger partial charge >= 0.3 is 11.9 Å². The lowest BCUT2D eigenvalue weighted by molar-refractivity contribution is -0.149. The summed E-state index contributed by atoms with van der Waals surface area (Å²) < 4.78 is 13.0. The van der Waals surface area contributed by atoms with Crippen molar-refractivity contribution >= 4 is 23.0 Å². The third kappa shape index (κ3) is 7.78. The third-order valence-corrected chi connectivity index (χ3v) is 9.90. The molecule has 0 radical (unpaired) electrons. The van der Waals surface area contributed by atoms with Crippen LogP contribution in [0.15, 0.2) is 72.8 Å². The number of likely N-dealkylation sites (tertiary alicyclic amines) is 1. The second-order valence-corrected chi connectivity index (χ2v) is 13.8. The Morgan fingerprint density at radius 1 is 0.723 bits per heavy atom.